The lowest BCUT2D eigenvalue weighted by Gasteiger charge is -2.29. The fourth-order valence-corrected chi connectivity index (χ4v) is 9.34. The number of allylic oxidation sites excluding steroid dienone is 2. The highest BCUT2D eigenvalue weighted by Gasteiger charge is 2.27. The molecule has 0 spiro atoms. The van der Waals surface area contributed by atoms with Crippen LogP contribution in [0.4, 0.5) is 0 Å². The van der Waals surface area contributed by atoms with Crippen molar-refractivity contribution in [3.8, 4) is 33.4 Å². The average Bonchev–Trinajstić information content (AvgIpc) is 3.67. The standard InChI is InChI=1S/C54H34N2O/c1-3-15-39(37(13-1)35-25-27-45-43-19-6-5-17-41(43)42-18-7-8-20-44(42)47(45)30-35)40-16-4-2-14-38(40)36-31-48(52-46-21-9-10-22-50(46)57-51(52)32-36)49-28-26-34-24-23-33-12-11-29-55-53(33)54(34)56-49/h1-32,54,56H. The monoisotopic (exact) mass is 726 g/mol. The number of pyridine rings is 1. The molecule has 0 radical (unpaired) electrons. The number of dihydropyridines is 1. The Balaban J connectivity index is 1.04. The summed E-state index contributed by atoms with van der Waals surface area (Å²) in [6, 6.07) is 59.2. The quantitative estimate of drug-likeness (QED) is 0.184. The molecule has 1 aliphatic heterocycles. The Hall–Kier alpha value is -7.49. The Morgan fingerprint density at radius 2 is 1.05 bits per heavy atom. The summed E-state index contributed by atoms with van der Waals surface area (Å²) in [5.74, 6) is 0. The minimum absolute atomic E-state index is 0.0423. The van der Waals surface area contributed by atoms with Gasteiger partial charge in [-0.3, -0.25) is 4.98 Å². The SMILES string of the molecule is C1=Cc2cccnc2C2NC(c3cc(-c4ccccc4-c4ccccc4-c4ccc5c6ccccc6c6ccccc6c5c4)cc4oc5ccccc5c34)=CC=C12. The summed E-state index contributed by atoms with van der Waals surface area (Å²) in [6.07, 6.45) is 10.7. The highest BCUT2D eigenvalue weighted by Crippen LogP contribution is 2.45. The van der Waals surface area contributed by atoms with Crippen LogP contribution in [0.15, 0.2) is 198 Å². The number of furan rings is 1. The van der Waals surface area contributed by atoms with Gasteiger partial charge in [-0.05, 0) is 113 Å². The third-order valence-corrected chi connectivity index (χ3v) is 12.0. The molecule has 0 fully saturated rings. The van der Waals surface area contributed by atoms with Crippen LogP contribution < -0.4 is 5.32 Å². The van der Waals surface area contributed by atoms with Crippen molar-refractivity contribution in [3.05, 3.63) is 211 Å². The number of rotatable bonds is 4. The van der Waals surface area contributed by atoms with Crippen molar-refractivity contribution in [1.82, 2.24) is 10.3 Å². The molecule has 0 amide bonds. The molecular weight excluding hydrogens is 693 g/mol. The molecule has 0 saturated carbocycles. The number of nitrogens with one attached hydrogen (secondary N) is 1. The first-order valence-electron chi connectivity index (χ1n) is 19.6. The topological polar surface area (TPSA) is 38.1 Å². The van der Waals surface area contributed by atoms with Crippen LogP contribution in [0.5, 0.6) is 0 Å². The van der Waals surface area contributed by atoms with Gasteiger partial charge in [0.25, 0.3) is 0 Å². The van der Waals surface area contributed by atoms with Gasteiger partial charge in [-0.25, -0.2) is 0 Å². The summed E-state index contributed by atoms with van der Waals surface area (Å²) in [5, 5.41) is 13.8. The van der Waals surface area contributed by atoms with Gasteiger partial charge in [-0.15, -0.1) is 0 Å². The minimum atomic E-state index is -0.0423. The van der Waals surface area contributed by atoms with E-state index in [0.717, 1.165) is 55.6 Å². The van der Waals surface area contributed by atoms with Gasteiger partial charge in [-0.2, -0.15) is 0 Å². The Morgan fingerprint density at radius 3 is 1.79 bits per heavy atom. The van der Waals surface area contributed by atoms with Gasteiger partial charge in [-0.1, -0.05) is 152 Å². The summed E-state index contributed by atoms with van der Waals surface area (Å²) in [4.78, 5) is 4.82. The maximum absolute atomic E-state index is 6.66. The van der Waals surface area contributed by atoms with E-state index in [1.54, 1.807) is 0 Å². The van der Waals surface area contributed by atoms with Crippen molar-refractivity contribution < 1.29 is 4.42 Å². The number of fused-ring (bicyclic) bond motifs is 12. The number of benzene rings is 8. The largest absolute Gasteiger partial charge is 0.456 e. The van der Waals surface area contributed by atoms with Crippen LogP contribution in [0, 0.1) is 0 Å². The van der Waals surface area contributed by atoms with Crippen molar-refractivity contribution >= 4 is 66.0 Å². The molecule has 1 aliphatic carbocycles. The second-order valence-electron chi connectivity index (χ2n) is 15.1. The van der Waals surface area contributed by atoms with E-state index in [1.807, 2.05) is 18.3 Å². The third kappa shape index (κ3) is 4.96. The first-order chi connectivity index (χ1) is 28.3. The van der Waals surface area contributed by atoms with E-state index in [9.17, 15) is 0 Å². The minimum Gasteiger partial charge on any atom is -0.456 e. The van der Waals surface area contributed by atoms with Gasteiger partial charge in [0.1, 0.15) is 11.2 Å². The molecule has 57 heavy (non-hydrogen) atoms. The molecule has 1 unspecified atom stereocenters. The highest BCUT2D eigenvalue weighted by atomic mass is 16.3. The molecule has 10 aromatic rings. The Morgan fingerprint density at radius 1 is 0.439 bits per heavy atom. The molecule has 2 aliphatic rings. The van der Waals surface area contributed by atoms with Gasteiger partial charge in [0.05, 0.1) is 11.7 Å². The number of nitrogens with zero attached hydrogens (tertiary/aromatic N) is 1. The van der Waals surface area contributed by atoms with Gasteiger partial charge < -0.3 is 9.73 Å². The van der Waals surface area contributed by atoms with Gasteiger partial charge in [0.15, 0.2) is 0 Å². The lowest BCUT2D eigenvalue weighted by molar-refractivity contribution is 0.669. The molecule has 8 aromatic carbocycles. The maximum atomic E-state index is 6.66. The molecule has 0 saturated heterocycles. The van der Waals surface area contributed by atoms with E-state index in [0.29, 0.717) is 0 Å². The molecule has 266 valence electrons. The van der Waals surface area contributed by atoms with Crippen LogP contribution >= 0.6 is 0 Å². The number of aromatic nitrogens is 1. The molecule has 3 nitrogen and oxygen atoms in total. The van der Waals surface area contributed by atoms with Crippen molar-refractivity contribution in [2.45, 2.75) is 6.04 Å². The third-order valence-electron chi connectivity index (χ3n) is 12.0. The number of para-hydroxylation sites is 1. The molecule has 3 heteroatoms. The van der Waals surface area contributed by atoms with E-state index in [2.05, 4.69) is 181 Å². The van der Waals surface area contributed by atoms with Crippen LogP contribution in [-0.2, 0) is 0 Å². The van der Waals surface area contributed by atoms with Crippen molar-refractivity contribution in [1.29, 1.82) is 0 Å². The molecule has 1 N–H and O–H groups in total. The van der Waals surface area contributed by atoms with E-state index >= 15 is 0 Å². The zero-order chi connectivity index (χ0) is 37.5. The summed E-state index contributed by atoms with van der Waals surface area (Å²) in [7, 11) is 0. The second kappa shape index (κ2) is 12.5. The first-order valence-corrected chi connectivity index (χ1v) is 19.6. The molecule has 12 rings (SSSR count). The van der Waals surface area contributed by atoms with E-state index < -0.39 is 0 Å². The van der Waals surface area contributed by atoms with E-state index in [4.69, 9.17) is 9.40 Å². The fraction of sp³-hybridized carbons (Fsp3) is 0.0185. The summed E-state index contributed by atoms with van der Waals surface area (Å²) in [5.41, 5.74) is 14.2. The van der Waals surface area contributed by atoms with Crippen LogP contribution in [0.2, 0.25) is 0 Å². The Labute approximate surface area is 329 Å². The van der Waals surface area contributed by atoms with Crippen molar-refractivity contribution in [3.63, 3.8) is 0 Å². The van der Waals surface area contributed by atoms with Crippen LogP contribution in [-0.4, -0.2) is 4.98 Å². The molecular formula is C54H34N2O. The number of hydrogen-bond acceptors (Lipinski definition) is 3. The summed E-state index contributed by atoms with van der Waals surface area (Å²) in [6.45, 7) is 0. The predicted octanol–water partition coefficient (Wildman–Crippen LogP) is 14.1. The van der Waals surface area contributed by atoms with Crippen molar-refractivity contribution in [2.24, 2.45) is 0 Å². The van der Waals surface area contributed by atoms with Gasteiger partial charge >= 0.3 is 0 Å². The summed E-state index contributed by atoms with van der Waals surface area (Å²) >= 11 is 0. The smallest absolute Gasteiger partial charge is 0.136 e. The Kier molecular flexibility index (Phi) is 6.99. The average molecular weight is 727 g/mol. The van der Waals surface area contributed by atoms with Crippen LogP contribution in [0.1, 0.15) is 22.9 Å². The van der Waals surface area contributed by atoms with E-state index in [1.165, 1.54) is 60.1 Å². The lowest BCUT2D eigenvalue weighted by atomic mass is 9.86. The molecule has 0 bridgehead atoms. The summed E-state index contributed by atoms with van der Waals surface area (Å²) < 4.78 is 6.66. The van der Waals surface area contributed by atoms with Crippen LogP contribution in [0.3, 0.4) is 0 Å². The molecule has 3 heterocycles. The molecule has 2 aromatic heterocycles. The van der Waals surface area contributed by atoms with Gasteiger partial charge in [0.2, 0.25) is 0 Å². The zero-order valence-corrected chi connectivity index (χ0v) is 30.9. The van der Waals surface area contributed by atoms with Gasteiger partial charge in [0, 0.05) is 28.2 Å². The predicted molar refractivity (Wildman–Crippen MR) is 238 cm³/mol. The second-order valence-corrected chi connectivity index (χ2v) is 15.1. The van der Waals surface area contributed by atoms with Crippen LogP contribution in [0.25, 0.3) is 99.4 Å². The first kappa shape index (κ1) is 31.8. The lowest BCUT2D eigenvalue weighted by Crippen LogP contribution is -2.27. The molecule has 1 atom stereocenters. The fourth-order valence-electron chi connectivity index (χ4n) is 9.34. The maximum Gasteiger partial charge on any atom is 0.136 e. The van der Waals surface area contributed by atoms with Crippen molar-refractivity contribution in [2.75, 3.05) is 0 Å². The zero-order valence-electron chi connectivity index (χ0n) is 30.9. The Bertz CT molecular complexity index is 3360. The normalized spacial score (nSPS) is 14.8. The highest BCUT2D eigenvalue weighted by molar-refractivity contribution is 6.26. The number of hydrogen-bond donors (Lipinski definition) is 1. The van der Waals surface area contributed by atoms with E-state index in [-0.39, 0.29) is 6.04 Å².